The van der Waals surface area contributed by atoms with Crippen LogP contribution in [0.15, 0.2) is 0 Å². The van der Waals surface area contributed by atoms with Crippen molar-refractivity contribution in [1.82, 2.24) is 21.3 Å². The van der Waals surface area contributed by atoms with Crippen molar-refractivity contribution in [3.63, 3.8) is 0 Å². The van der Waals surface area contributed by atoms with Gasteiger partial charge in [-0.15, -0.1) is 0 Å². The average Bonchev–Trinajstić information content (AvgIpc) is 0.752. The van der Waals surface area contributed by atoms with Crippen molar-refractivity contribution < 1.29 is 249 Å². The van der Waals surface area contributed by atoms with Crippen LogP contribution in [0.3, 0.4) is 0 Å². The van der Waals surface area contributed by atoms with Crippen molar-refractivity contribution >= 4 is 40.0 Å². The molecule has 121 heavy (non-hydrogen) atoms. The Labute approximate surface area is 684 Å². The smallest absolute Gasteiger partial charge is 0.397 e. The van der Waals surface area contributed by atoms with Gasteiger partial charge in [-0.2, -0.15) is 8.42 Å². The van der Waals surface area contributed by atoms with Gasteiger partial charge in [0.1, 0.15) is 207 Å². The van der Waals surface area contributed by atoms with Gasteiger partial charge in [0.25, 0.3) is 5.79 Å². The maximum atomic E-state index is 13.3. The Hall–Kier alpha value is -4.42. The summed E-state index contributed by atoms with van der Waals surface area (Å²) in [5.74, 6) is -9.48. The summed E-state index contributed by atoms with van der Waals surface area (Å²) in [6.45, 7) is -4.61. The highest BCUT2D eigenvalue weighted by atomic mass is 32.3. The van der Waals surface area contributed by atoms with E-state index in [2.05, 4.69) is 25.5 Å². The normalized spacial score (nSPS) is 46.8. The van der Waals surface area contributed by atoms with Crippen molar-refractivity contribution in [2.45, 2.75) is 323 Å². The Balaban J connectivity index is 0.993. The van der Waals surface area contributed by atoms with E-state index in [1.54, 1.807) is 0 Å². The molecule has 9 aliphatic heterocycles. The molecule has 4 amide bonds. The number of carbonyl (C=O) groups is 5. The molecule has 0 aromatic heterocycles. The molecule has 30 N–H and O–H groups in total. The van der Waals surface area contributed by atoms with E-state index >= 15 is 0 Å². The van der Waals surface area contributed by atoms with Crippen LogP contribution in [-0.2, 0) is 119 Å². The average molecular weight is 1790 g/mol. The van der Waals surface area contributed by atoms with Crippen LogP contribution in [0.25, 0.3) is 0 Å². The van der Waals surface area contributed by atoms with E-state index in [0.717, 1.165) is 27.7 Å². The lowest BCUT2D eigenvalue weighted by Crippen LogP contribution is -2.71. The molecule has 55 nitrogen and oxygen atoms in total. The minimum absolute atomic E-state index is 0.835. The monoisotopic (exact) mass is 1790 g/mol. The number of aliphatic hydroxyl groups is 24. The SMILES string of the molecule is CC(=O)N[C@@H]1[C@@H](O)[C@H](O[C@@H]2O[C@H](CO)[C@@H](O[C@@H]3O[C@H](CO[C@H]4O[C@H](CO)[C@@H](O)[C@H](O)[C@@H]4O[C@@H]4O[C@H](CO)[C@@H](O[C@@H]5O[C@H](COS(=O)(=O)O)[C@H](O)[C@H](O[C@]6(C(=O)O)C[C@H](O)[C@@H](NC(C)=O)[C@H]([C@H](O)[C@H](O)CO)O6)[C@H]5O)[C@H](O)[C@H]4NC(C)=O)[C@@H](O)[C@H](O[C@H]4O[C@H](CO)[C@@H](O)[C@H](O)[C@@H]4O)[C@@H]3O)[C@H](O)[C@H]2NC(C)=O)[C@@H](CO[C@@H]2O[C@@H](C)[C@@H](O)[C@@H](O)[C@@H]2O)O[C@H]1O. The third-order valence-electron chi connectivity index (χ3n) is 21.5. The van der Waals surface area contributed by atoms with Gasteiger partial charge in [0.05, 0.1) is 71.1 Å². The zero-order valence-electron chi connectivity index (χ0n) is 64.6. The molecule has 9 saturated heterocycles. The van der Waals surface area contributed by atoms with Crippen LogP contribution in [0, 0.1) is 0 Å². The highest BCUT2D eigenvalue weighted by Crippen LogP contribution is 2.42. The number of hydrogen-bond acceptors (Lipinski definition) is 49. The molecule has 56 heteroatoms. The zero-order chi connectivity index (χ0) is 89.8. The van der Waals surface area contributed by atoms with Gasteiger partial charge >= 0.3 is 16.4 Å². The fourth-order valence-corrected chi connectivity index (χ4v) is 15.5. The van der Waals surface area contributed by atoms with Gasteiger partial charge in [0.15, 0.2) is 50.3 Å². The highest BCUT2D eigenvalue weighted by molar-refractivity contribution is 7.80. The number of ether oxygens (including phenoxy) is 17. The predicted octanol–water partition coefficient (Wildman–Crippen LogP) is -20.0. The summed E-state index contributed by atoms with van der Waals surface area (Å²) in [5.41, 5.74) is 0. The number of carbonyl (C=O) groups excluding carboxylic acids is 4. The van der Waals surface area contributed by atoms with Gasteiger partial charge in [-0.1, -0.05) is 0 Å². The highest BCUT2D eigenvalue weighted by Gasteiger charge is 2.63. The largest absolute Gasteiger partial charge is 0.477 e. The van der Waals surface area contributed by atoms with Crippen molar-refractivity contribution in [3.8, 4) is 0 Å². The molecule has 0 aliphatic carbocycles. The third kappa shape index (κ3) is 23.0. The van der Waals surface area contributed by atoms with Crippen molar-refractivity contribution in [1.29, 1.82) is 0 Å². The second-order valence-electron chi connectivity index (χ2n) is 30.1. The molecule has 46 atom stereocenters. The van der Waals surface area contributed by atoms with Crippen LogP contribution in [0.1, 0.15) is 41.0 Å². The van der Waals surface area contributed by atoms with Gasteiger partial charge in [-0.3, -0.25) is 23.7 Å². The molecule has 0 aromatic carbocycles. The maximum Gasteiger partial charge on any atom is 0.397 e. The van der Waals surface area contributed by atoms with Gasteiger partial charge in [0.2, 0.25) is 23.6 Å². The Morgan fingerprint density at radius 3 is 1.29 bits per heavy atom. The van der Waals surface area contributed by atoms with Crippen LogP contribution in [-0.4, -0.2) is 505 Å². The van der Waals surface area contributed by atoms with Crippen molar-refractivity contribution in [2.75, 3.05) is 52.9 Å². The van der Waals surface area contributed by atoms with E-state index < -0.39 is 381 Å². The number of hydrogen-bond donors (Lipinski definition) is 30. The second kappa shape index (κ2) is 42.7. The Morgan fingerprint density at radius 2 is 0.785 bits per heavy atom. The lowest BCUT2D eigenvalue weighted by atomic mass is 9.88. The zero-order valence-corrected chi connectivity index (χ0v) is 65.4. The molecule has 0 unspecified atom stereocenters. The predicted molar refractivity (Wildman–Crippen MR) is 370 cm³/mol. The molecule has 9 fully saturated rings. The summed E-state index contributed by atoms with van der Waals surface area (Å²) < 4.78 is 137. The first-order chi connectivity index (χ1) is 56.7. The minimum Gasteiger partial charge on any atom is -0.477 e. The molecule has 0 spiro atoms. The van der Waals surface area contributed by atoms with Crippen molar-refractivity contribution in [2.24, 2.45) is 0 Å². The lowest BCUT2D eigenvalue weighted by molar-refractivity contribution is -0.392. The molecular formula is C65H108N4O51S. The second-order valence-corrected chi connectivity index (χ2v) is 31.2. The summed E-state index contributed by atoms with van der Waals surface area (Å²) >= 11 is 0. The van der Waals surface area contributed by atoms with E-state index in [-0.39, 0.29) is 0 Å². The Bertz CT molecular complexity index is 3470. The van der Waals surface area contributed by atoms with Crippen molar-refractivity contribution in [3.05, 3.63) is 0 Å². The Morgan fingerprint density at radius 1 is 0.397 bits per heavy atom. The van der Waals surface area contributed by atoms with Gasteiger partial charge in [-0.25, -0.2) is 8.98 Å². The minimum atomic E-state index is -5.50. The van der Waals surface area contributed by atoms with Crippen LogP contribution in [0.4, 0.5) is 0 Å². The number of carboxylic acids is 1. The standard InChI is InChI=1S/C65H108N4O51S/c1-15-33(81)42(90)45(93)59(106-15)103-13-28-51(39(87)30(56(97)107-28)67-17(3)76)114-57-31(68-18(4)77)40(88)49(24(10-73)110-57)115-61-47(95)53(117-60-46(94)43(91)35(83)22(8-71)108-60)37(85)26(112-61)12-104-63-55(44(92)36(84)23(9-72)109-63)118-58-32(69-19(5)78)41(89)50(25(11-74)111-58)116-62-48(96)54(38(86)27(113-62)14-105-121(100,101)102)120-65(64(98)99)6-20(79)29(66-16(2)75)52(119-65)34(82)21(80)7-70/h15,20-63,70-74,79-97H,6-14H2,1-5H3,(H,66,75)(H,67,76)(H,68,77)(H,69,78)(H,98,99)(H,100,101,102)/t15-,20-,21+,22+,23+,24+,25+,26+,27+,28+,29+,30+,31+,32+,33+,34+,35+,36+,37+,38-,39+,40+,41+,42+,43-,44-,45-,46-,47-,48+,49+,50+,51+,52+,53-,54-,55-,56+,57-,58-,59+,60+,61-,62-,63-,65-/m0/s1. The first-order valence-electron chi connectivity index (χ1n) is 37.8. The summed E-state index contributed by atoms with van der Waals surface area (Å²) in [7, 11) is -5.50. The third-order valence-corrected chi connectivity index (χ3v) is 21.9. The number of carboxylic acid groups (broad SMARTS) is 1. The van der Waals surface area contributed by atoms with Gasteiger partial charge in [-0.05, 0) is 6.92 Å². The molecule has 0 saturated carbocycles. The molecule has 0 aromatic rings. The van der Waals surface area contributed by atoms with Crippen LogP contribution in [0.2, 0.25) is 0 Å². The van der Waals surface area contributed by atoms with Gasteiger partial charge < -0.3 is 229 Å². The number of aliphatic hydroxyl groups excluding tert-OH is 24. The van der Waals surface area contributed by atoms with E-state index in [9.17, 15) is 165 Å². The number of aliphatic carboxylic acids is 1. The first-order valence-corrected chi connectivity index (χ1v) is 39.1. The topological polar surface area (TPSA) is 860 Å². The van der Waals surface area contributed by atoms with E-state index in [1.165, 1.54) is 6.92 Å². The lowest BCUT2D eigenvalue weighted by Gasteiger charge is -2.51. The van der Waals surface area contributed by atoms with E-state index in [0.29, 0.717) is 0 Å². The fraction of sp³-hybridized carbons (Fsp3) is 0.923. The quantitative estimate of drug-likeness (QED) is 0.0271. The summed E-state index contributed by atoms with van der Waals surface area (Å²) in [4.78, 5) is 64.1. The van der Waals surface area contributed by atoms with Crippen LogP contribution in [0.5, 0.6) is 0 Å². The molecule has 0 bridgehead atoms. The molecule has 0 radical (unpaired) electrons. The molecule has 9 aliphatic rings. The number of rotatable bonds is 33. The maximum absolute atomic E-state index is 13.3. The molecule has 9 rings (SSSR count). The summed E-state index contributed by atoms with van der Waals surface area (Å²) in [6.07, 6.45) is -90.1. The number of amides is 4. The van der Waals surface area contributed by atoms with E-state index in [1.807, 2.05) is 0 Å². The van der Waals surface area contributed by atoms with Gasteiger partial charge in [0, 0.05) is 34.1 Å². The summed E-state index contributed by atoms with van der Waals surface area (Å²) in [6, 6.07) is -7.67. The Kier molecular flexibility index (Phi) is 35.4. The number of nitrogens with one attached hydrogen (secondary N) is 4. The van der Waals surface area contributed by atoms with Crippen LogP contribution < -0.4 is 21.3 Å². The molecule has 700 valence electrons. The van der Waals surface area contributed by atoms with E-state index in [4.69, 9.17) is 80.5 Å². The molecular weight excluding hydrogens is 1680 g/mol. The summed E-state index contributed by atoms with van der Waals surface area (Å²) in [5, 5.41) is 288. The fourth-order valence-electron chi connectivity index (χ4n) is 15.2. The molecule has 9 heterocycles. The van der Waals surface area contributed by atoms with Crippen LogP contribution >= 0.6 is 0 Å². The first kappa shape index (κ1) is 100.